The summed E-state index contributed by atoms with van der Waals surface area (Å²) in [6.45, 7) is 3.94. The molecule has 0 bridgehead atoms. The molecule has 0 saturated carbocycles. The summed E-state index contributed by atoms with van der Waals surface area (Å²) in [5.41, 5.74) is 1.94. The molecule has 2 aliphatic heterocycles. The third-order valence-electron chi connectivity index (χ3n) is 4.85. The first-order chi connectivity index (χ1) is 12.9. The van der Waals surface area contributed by atoms with Gasteiger partial charge >= 0.3 is 0 Å². The van der Waals surface area contributed by atoms with Crippen LogP contribution in [0.1, 0.15) is 56.9 Å². The van der Waals surface area contributed by atoms with Crippen molar-refractivity contribution in [2.24, 2.45) is 4.99 Å². The van der Waals surface area contributed by atoms with Gasteiger partial charge in [0.2, 0.25) is 17.7 Å². The molecule has 0 spiro atoms. The first-order valence-electron chi connectivity index (χ1n) is 9.16. The monoisotopic (exact) mass is 372 g/mol. The molecule has 2 heterocycles. The zero-order valence-electron chi connectivity index (χ0n) is 15.5. The lowest BCUT2D eigenvalue weighted by atomic mass is 9.97. The number of amidine groups is 1. The average molecular weight is 372 g/mol. The van der Waals surface area contributed by atoms with Crippen molar-refractivity contribution in [3.8, 4) is 0 Å². The number of carbonyl (C=O) groups excluding carboxylic acids is 3. The van der Waals surface area contributed by atoms with Crippen molar-refractivity contribution in [1.82, 2.24) is 15.5 Å². The zero-order valence-corrected chi connectivity index (χ0v) is 15.5. The molecule has 0 aliphatic carbocycles. The zero-order chi connectivity index (χ0) is 19.6. The number of hydrogen-bond acceptors (Lipinski definition) is 6. The molecular formula is C19H24N4O4. The van der Waals surface area contributed by atoms with Gasteiger partial charge in [0.15, 0.2) is 6.23 Å². The van der Waals surface area contributed by atoms with Crippen molar-refractivity contribution >= 4 is 29.2 Å². The van der Waals surface area contributed by atoms with Gasteiger partial charge in [0.25, 0.3) is 0 Å². The minimum Gasteiger partial charge on any atom is -0.369 e. The van der Waals surface area contributed by atoms with Crippen LogP contribution in [0, 0.1) is 0 Å². The lowest BCUT2D eigenvalue weighted by Gasteiger charge is -2.40. The summed E-state index contributed by atoms with van der Waals surface area (Å²) in [7, 11) is 0. The maximum Gasteiger partial charge on any atom is 0.249 e. The van der Waals surface area contributed by atoms with Gasteiger partial charge in [-0.05, 0) is 31.4 Å². The Balaban J connectivity index is 1.88. The molecule has 27 heavy (non-hydrogen) atoms. The summed E-state index contributed by atoms with van der Waals surface area (Å²) in [6, 6.07) is 4.77. The van der Waals surface area contributed by atoms with Crippen molar-refractivity contribution in [2.75, 3.05) is 0 Å². The number of rotatable bonds is 5. The molecule has 1 fully saturated rings. The number of nitrogens with one attached hydrogen (secondary N) is 2. The molecule has 1 saturated heterocycles. The van der Waals surface area contributed by atoms with Crippen LogP contribution in [0.3, 0.4) is 0 Å². The summed E-state index contributed by atoms with van der Waals surface area (Å²) in [4.78, 5) is 41.6. The van der Waals surface area contributed by atoms with Crippen molar-refractivity contribution in [3.05, 3.63) is 29.3 Å². The largest absolute Gasteiger partial charge is 0.369 e. The van der Waals surface area contributed by atoms with Crippen LogP contribution >= 0.6 is 0 Å². The molecule has 2 aliphatic rings. The highest BCUT2D eigenvalue weighted by atomic mass is 16.3. The van der Waals surface area contributed by atoms with Crippen molar-refractivity contribution in [2.45, 2.75) is 58.3 Å². The molecular weight excluding hydrogens is 348 g/mol. The molecule has 2 atom stereocenters. The van der Waals surface area contributed by atoms with Crippen molar-refractivity contribution in [3.63, 3.8) is 0 Å². The number of aliphatic hydroxyl groups excluding tert-OH is 1. The Labute approximate surface area is 157 Å². The van der Waals surface area contributed by atoms with Crippen LogP contribution in [0.2, 0.25) is 0 Å². The number of aliphatic imine (C=N–C) groups is 1. The highest BCUT2D eigenvalue weighted by Gasteiger charge is 2.39. The number of amides is 3. The third kappa shape index (κ3) is 3.85. The van der Waals surface area contributed by atoms with Crippen LogP contribution in [0.25, 0.3) is 0 Å². The first kappa shape index (κ1) is 19.0. The normalized spacial score (nSPS) is 22.0. The molecule has 3 amide bonds. The molecule has 3 N–H and O–H groups in total. The Bertz CT molecular complexity index is 805. The van der Waals surface area contributed by atoms with Gasteiger partial charge in [0.1, 0.15) is 11.9 Å². The molecule has 2 unspecified atom stereocenters. The molecule has 8 nitrogen and oxygen atoms in total. The van der Waals surface area contributed by atoms with Gasteiger partial charge in [-0.2, -0.15) is 0 Å². The van der Waals surface area contributed by atoms with E-state index in [1.807, 2.05) is 19.1 Å². The quantitative estimate of drug-likeness (QED) is 0.674. The average Bonchev–Trinajstić information content (AvgIpc) is 2.61. The van der Waals surface area contributed by atoms with Gasteiger partial charge in [-0.1, -0.05) is 19.1 Å². The maximum absolute atomic E-state index is 12.3. The number of benzene rings is 1. The molecule has 3 rings (SSSR count). The van der Waals surface area contributed by atoms with Gasteiger partial charge in [-0.25, -0.2) is 4.99 Å². The number of imide groups is 1. The topological polar surface area (TPSA) is 111 Å². The first-order valence-corrected chi connectivity index (χ1v) is 9.16. The summed E-state index contributed by atoms with van der Waals surface area (Å²) in [5.74, 6) is -0.284. The SMILES string of the molecule is CCCC(=O)NCc1cccc2c1C(O)N(C1CCC(=O)NC1=O)C(C)=N2. The van der Waals surface area contributed by atoms with Crippen LogP contribution in [-0.4, -0.2) is 39.6 Å². The van der Waals surface area contributed by atoms with Gasteiger partial charge in [0, 0.05) is 24.9 Å². The number of carbonyl (C=O) groups is 3. The predicted octanol–water partition coefficient (Wildman–Crippen LogP) is 1.26. The molecule has 0 radical (unpaired) electrons. The smallest absolute Gasteiger partial charge is 0.249 e. The van der Waals surface area contributed by atoms with Crippen LogP contribution in [0.4, 0.5) is 5.69 Å². The van der Waals surface area contributed by atoms with Crippen molar-refractivity contribution in [1.29, 1.82) is 0 Å². The highest BCUT2D eigenvalue weighted by Crippen LogP contribution is 2.38. The van der Waals surface area contributed by atoms with E-state index in [1.54, 1.807) is 17.9 Å². The molecule has 1 aromatic rings. The van der Waals surface area contributed by atoms with E-state index in [2.05, 4.69) is 15.6 Å². The summed E-state index contributed by atoms with van der Waals surface area (Å²) >= 11 is 0. The van der Waals surface area contributed by atoms with Crippen LogP contribution in [0.5, 0.6) is 0 Å². The Morgan fingerprint density at radius 2 is 2.19 bits per heavy atom. The Hall–Kier alpha value is -2.74. The second-order valence-electron chi connectivity index (χ2n) is 6.78. The molecule has 8 heteroatoms. The maximum atomic E-state index is 12.3. The fourth-order valence-corrected chi connectivity index (χ4v) is 3.55. The van der Waals surface area contributed by atoms with E-state index in [4.69, 9.17) is 0 Å². The van der Waals surface area contributed by atoms with E-state index >= 15 is 0 Å². The second-order valence-corrected chi connectivity index (χ2v) is 6.78. The van der Waals surface area contributed by atoms with E-state index in [9.17, 15) is 19.5 Å². The number of hydrogen-bond donors (Lipinski definition) is 3. The Kier molecular flexibility index (Phi) is 5.55. The number of piperidine rings is 1. The van der Waals surface area contributed by atoms with E-state index in [-0.39, 0.29) is 24.8 Å². The Morgan fingerprint density at radius 3 is 2.89 bits per heavy atom. The molecule has 1 aromatic carbocycles. The van der Waals surface area contributed by atoms with Gasteiger partial charge in [0.05, 0.1) is 5.69 Å². The van der Waals surface area contributed by atoms with Crippen LogP contribution < -0.4 is 10.6 Å². The second kappa shape index (κ2) is 7.87. The minimum atomic E-state index is -1.08. The van der Waals surface area contributed by atoms with Gasteiger partial charge in [-0.15, -0.1) is 0 Å². The fraction of sp³-hybridized carbons (Fsp3) is 0.474. The third-order valence-corrected chi connectivity index (χ3v) is 4.85. The highest BCUT2D eigenvalue weighted by molar-refractivity contribution is 6.02. The number of nitrogens with zero attached hydrogens (tertiary/aromatic N) is 2. The number of aliphatic hydroxyl groups is 1. The lowest BCUT2D eigenvalue weighted by molar-refractivity contribution is -0.139. The van der Waals surface area contributed by atoms with E-state index < -0.39 is 18.2 Å². The van der Waals surface area contributed by atoms with E-state index in [0.717, 1.165) is 12.0 Å². The fourth-order valence-electron chi connectivity index (χ4n) is 3.55. The van der Waals surface area contributed by atoms with E-state index in [1.165, 1.54) is 0 Å². The standard InChI is InChI=1S/C19H24N4O4/c1-3-5-15(24)20-10-12-6-4-7-13-17(12)19(27)23(11(2)21-13)14-8-9-16(25)22-18(14)26/h4,6-7,14,19,27H,3,5,8-10H2,1-2H3,(H,20,24)(H,22,25,26). The van der Waals surface area contributed by atoms with Crippen LogP contribution in [-0.2, 0) is 20.9 Å². The minimum absolute atomic E-state index is 0.0536. The predicted molar refractivity (Wildman–Crippen MR) is 98.9 cm³/mol. The Morgan fingerprint density at radius 1 is 1.41 bits per heavy atom. The summed E-state index contributed by atoms with van der Waals surface area (Å²) in [5, 5.41) is 16.2. The van der Waals surface area contributed by atoms with E-state index in [0.29, 0.717) is 29.9 Å². The van der Waals surface area contributed by atoms with Gasteiger partial charge in [-0.3, -0.25) is 19.7 Å². The summed E-state index contributed by atoms with van der Waals surface area (Å²) in [6.07, 6.45) is 0.653. The van der Waals surface area contributed by atoms with Crippen LogP contribution in [0.15, 0.2) is 23.2 Å². The number of fused-ring (bicyclic) bond motifs is 1. The summed E-state index contributed by atoms with van der Waals surface area (Å²) < 4.78 is 0. The molecule has 0 aromatic heterocycles. The van der Waals surface area contributed by atoms with Crippen molar-refractivity contribution < 1.29 is 19.5 Å². The van der Waals surface area contributed by atoms with Gasteiger partial charge < -0.3 is 15.3 Å². The molecule has 144 valence electrons. The lowest BCUT2D eigenvalue weighted by Crippen LogP contribution is -2.55.